The van der Waals surface area contributed by atoms with Gasteiger partial charge in [-0.2, -0.15) is 0 Å². The fraction of sp³-hybridized carbons (Fsp3) is 0.625. The average Bonchev–Trinajstić information content (AvgIpc) is 3.08. The monoisotopic (exact) mass is 296 g/mol. The summed E-state index contributed by atoms with van der Waals surface area (Å²) in [6.45, 7) is 7.47. The van der Waals surface area contributed by atoms with E-state index >= 15 is 0 Å². The Morgan fingerprint density at radius 1 is 1.40 bits per heavy atom. The van der Waals surface area contributed by atoms with E-state index in [1.165, 1.54) is 36.1 Å². The van der Waals surface area contributed by atoms with Gasteiger partial charge in [0.2, 0.25) is 0 Å². The molecular weight excluding hydrogens is 272 g/mol. The molecule has 0 bridgehead atoms. The lowest BCUT2D eigenvalue weighted by Crippen LogP contribution is -2.31. The van der Waals surface area contributed by atoms with Crippen LogP contribution in [0, 0.1) is 0 Å². The topological polar surface area (TPSA) is 24.5 Å². The van der Waals surface area contributed by atoms with Crippen LogP contribution >= 0.6 is 12.4 Å². The molecule has 0 aliphatic carbocycles. The van der Waals surface area contributed by atoms with Crippen LogP contribution in [0.5, 0.6) is 0 Å². The van der Waals surface area contributed by atoms with Crippen LogP contribution in [0.3, 0.4) is 0 Å². The van der Waals surface area contributed by atoms with E-state index in [1.807, 2.05) is 0 Å². The molecule has 0 aromatic heterocycles. The van der Waals surface area contributed by atoms with Crippen molar-refractivity contribution in [1.82, 2.24) is 4.90 Å². The lowest BCUT2D eigenvalue weighted by molar-refractivity contribution is 0.0725. The van der Waals surface area contributed by atoms with E-state index in [0.29, 0.717) is 6.10 Å². The second kappa shape index (κ2) is 7.30. The van der Waals surface area contributed by atoms with Gasteiger partial charge in [0.25, 0.3) is 0 Å². The molecule has 1 aromatic rings. The first-order valence-corrected chi connectivity index (χ1v) is 7.55. The molecular formula is C16H25ClN2O. The third-order valence-corrected chi connectivity index (χ3v) is 4.26. The number of hydrogen-bond donors (Lipinski definition) is 1. The van der Waals surface area contributed by atoms with Crippen LogP contribution in [-0.4, -0.2) is 37.2 Å². The van der Waals surface area contributed by atoms with Gasteiger partial charge in [0.15, 0.2) is 0 Å². The summed E-state index contributed by atoms with van der Waals surface area (Å²) in [5.41, 5.74) is 4.30. The van der Waals surface area contributed by atoms with Gasteiger partial charge < -0.3 is 10.1 Å². The molecule has 112 valence electrons. The molecule has 0 amide bonds. The number of hydrogen-bond acceptors (Lipinski definition) is 3. The Balaban J connectivity index is 0.00000147. The summed E-state index contributed by atoms with van der Waals surface area (Å²) >= 11 is 0. The van der Waals surface area contributed by atoms with Crippen LogP contribution in [0.1, 0.15) is 30.9 Å². The van der Waals surface area contributed by atoms with Crippen molar-refractivity contribution in [3.63, 3.8) is 0 Å². The lowest BCUT2D eigenvalue weighted by atomic mass is 10.1. The molecule has 3 rings (SSSR count). The summed E-state index contributed by atoms with van der Waals surface area (Å²) in [6, 6.07) is 6.70. The van der Waals surface area contributed by atoms with E-state index in [-0.39, 0.29) is 12.4 Å². The lowest BCUT2D eigenvalue weighted by Gasteiger charge is -2.24. The molecule has 20 heavy (non-hydrogen) atoms. The van der Waals surface area contributed by atoms with Crippen LogP contribution in [0.4, 0.5) is 5.69 Å². The molecule has 3 nitrogen and oxygen atoms in total. The van der Waals surface area contributed by atoms with E-state index < -0.39 is 0 Å². The number of nitrogens with zero attached hydrogens (tertiary/aromatic N) is 1. The van der Waals surface area contributed by atoms with Crippen molar-refractivity contribution in [2.45, 2.75) is 38.8 Å². The van der Waals surface area contributed by atoms with Crippen LogP contribution in [0.15, 0.2) is 18.2 Å². The molecule has 0 saturated carbocycles. The molecule has 1 saturated heterocycles. The predicted octanol–water partition coefficient (Wildman–Crippen LogP) is 3.08. The Hall–Kier alpha value is -0.770. The summed E-state index contributed by atoms with van der Waals surface area (Å²) < 4.78 is 5.76. The Morgan fingerprint density at radius 2 is 2.30 bits per heavy atom. The van der Waals surface area contributed by atoms with Gasteiger partial charge in [0.05, 0.1) is 6.10 Å². The number of halogens is 1. The molecule has 1 N–H and O–H groups in total. The zero-order valence-corrected chi connectivity index (χ0v) is 13.0. The van der Waals surface area contributed by atoms with E-state index in [9.17, 15) is 0 Å². The molecule has 1 aromatic carbocycles. The molecule has 1 fully saturated rings. The van der Waals surface area contributed by atoms with E-state index in [1.54, 1.807) is 0 Å². The van der Waals surface area contributed by atoms with Gasteiger partial charge in [0, 0.05) is 31.9 Å². The highest BCUT2D eigenvalue weighted by molar-refractivity contribution is 5.85. The molecule has 4 heteroatoms. The van der Waals surface area contributed by atoms with Crippen molar-refractivity contribution in [2.24, 2.45) is 0 Å². The first-order chi connectivity index (χ1) is 9.36. The van der Waals surface area contributed by atoms with Gasteiger partial charge in [-0.1, -0.05) is 25.1 Å². The maximum atomic E-state index is 5.76. The van der Waals surface area contributed by atoms with Crippen molar-refractivity contribution < 1.29 is 4.74 Å². The standard InChI is InChI=1S/C16H24N2O.ClH/c1-2-18(12-15-7-4-10-19-15)11-14-6-3-5-13-8-9-17-16(13)14;/h3,5-6,15,17H,2,4,7-12H2,1H3;1H. The van der Waals surface area contributed by atoms with Crippen LogP contribution in [0.2, 0.25) is 0 Å². The molecule has 2 aliphatic heterocycles. The first kappa shape index (κ1) is 15.6. The molecule has 0 spiro atoms. The summed E-state index contributed by atoms with van der Waals surface area (Å²) in [5, 5.41) is 3.53. The van der Waals surface area contributed by atoms with Gasteiger partial charge in [0.1, 0.15) is 0 Å². The van der Waals surface area contributed by atoms with Crippen LogP contribution in [0.25, 0.3) is 0 Å². The largest absolute Gasteiger partial charge is 0.384 e. The number of fused-ring (bicyclic) bond motifs is 1. The SMILES string of the molecule is CCN(Cc1cccc2c1NCC2)CC1CCCO1.Cl. The Morgan fingerprint density at radius 3 is 3.05 bits per heavy atom. The van der Waals surface area contributed by atoms with Gasteiger partial charge in [-0.3, -0.25) is 4.90 Å². The maximum absolute atomic E-state index is 5.76. The zero-order chi connectivity index (χ0) is 13.1. The highest BCUT2D eigenvalue weighted by Crippen LogP contribution is 2.27. The normalized spacial score (nSPS) is 20.6. The second-order valence-corrected chi connectivity index (χ2v) is 5.59. The molecule has 2 aliphatic rings. The zero-order valence-electron chi connectivity index (χ0n) is 12.2. The maximum Gasteiger partial charge on any atom is 0.0702 e. The number of likely N-dealkylation sites (N-methyl/N-ethyl adjacent to an activating group) is 1. The van der Waals surface area contributed by atoms with Gasteiger partial charge in [-0.05, 0) is 36.9 Å². The highest BCUT2D eigenvalue weighted by Gasteiger charge is 2.20. The van der Waals surface area contributed by atoms with E-state index in [0.717, 1.165) is 32.8 Å². The van der Waals surface area contributed by atoms with Crippen LogP contribution in [-0.2, 0) is 17.7 Å². The Labute approximate surface area is 128 Å². The summed E-state index contributed by atoms with van der Waals surface area (Å²) in [4.78, 5) is 2.51. The Bertz CT molecular complexity index is 432. The quantitative estimate of drug-likeness (QED) is 0.904. The molecule has 0 radical (unpaired) electrons. The summed E-state index contributed by atoms with van der Waals surface area (Å²) in [5.74, 6) is 0. The molecule has 1 unspecified atom stereocenters. The minimum Gasteiger partial charge on any atom is -0.384 e. The van der Waals surface area contributed by atoms with Gasteiger partial charge in [-0.15, -0.1) is 12.4 Å². The fourth-order valence-electron chi connectivity index (χ4n) is 3.17. The molecule has 1 atom stereocenters. The van der Waals surface area contributed by atoms with Crippen molar-refractivity contribution in [2.75, 3.05) is 31.6 Å². The fourth-order valence-corrected chi connectivity index (χ4v) is 3.17. The highest BCUT2D eigenvalue weighted by atomic mass is 35.5. The average molecular weight is 297 g/mol. The van der Waals surface area contributed by atoms with Crippen molar-refractivity contribution in [3.8, 4) is 0 Å². The van der Waals surface area contributed by atoms with Crippen molar-refractivity contribution in [1.29, 1.82) is 0 Å². The predicted molar refractivity (Wildman–Crippen MR) is 85.8 cm³/mol. The van der Waals surface area contributed by atoms with Gasteiger partial charge >= 0.3 is 0 Å². The summed E-state index contributed by atoms with van der Waals surface area (Å²) in [6.07, 6.45) is 4.07. The number of benzene rings is 1. The van der Waals surface area contributed by atoms with Crippen LogP contribution < -0.4 is 5.32 Å². The number of ether oxygens (including phenoxy) is 1. The minimum atomic E-state index is 0. The second-order valence-electron chi connectivity index (χ2n) is 5.59. The number of rotatable bonds is 5. The summed E-state index contributed by atoms with van der Waals surface area (Å²) in [7, 11) is 0. The number of para-hydroxylation sites is 1. The smallest absolute Gasteiger partial charge is 0.0702 e. The van der Waals surface area contributed by atoms with E-state index in [4.69, 9.17) is 4.74 Å². The third kappa shape index (κ3) is 3.46. The Kier molecular flexibility index (Phi) is 5.70. The van der Waals surface area contributed by atoms with Crippen molar-refractivity contribution >= 4 is 18.1 Å². The first-order valence-electron chi connectivity index (χ1n) is 7.55. The van der Waals surface area contributed by atoms with Gasteiger partial charge in [-0.25, -0.2) is 0 Å². The molecule has 2 heterocycles. The minimum absolute atomic E-state index is 0. The third-order valence-electron chi connectivity index (χ3n) is 4.26. The van der Waals surface area contributed by atoms with E-state index in [2.05, 4.69) is 35.3 Å². The number of anilines is 1. The van der Waals surface area contributed by atoms with Crippen molar-refractivity contribution in [3.05, 3.63) is 29.3 Å². The number of nitrogens with one attached hydrogen (secondary N) is 1.